The molecule has 0 bridgehead atoms. The number of hydrogen-bond acceptors (Lipinski definition) is 4. The smallest absolute Gasteiger partial charge is 0.233 e. The van der Waals surface area contributed by atoms with Crippen molar-refractivity contribution < 1.29 is 9.59 Å². The predicted molar refractivity (Wildman–Crippen MR) is 102 cm³/mol. The fourth-order valence-corrected chi connectivity index (χ4v) is 3.12. The fraction of sp³-hybridized carbons (Fsp3) is 0.350. The van der Waals surface area contributed by atoms with Crippen LogP contribution in [0.5, 0.6) is 0 Å². The van der Waals surface area contributed by atoms with Gasteiger partial charge in [0, 0.05) is 38.1 Å². The molecule has 0 spiro atoms. The van der Waals surface area contributed by atoms with Gasteiger partial charge in [-0.25, -0.2) is 4.98 Å². The van der Waals surface area contributed by atoms with E-state index in [1.54, 1.807) is 11.1 Å². The molecule has 0 unspecified atom stereocenters. The molecule has 0 aliphatic carbocycles. The molecule has 1 aromatic heterocycles. The molecule has 0 radical (unpaired) electrons. The van der Waals surface area contributed by atoms with Crippen molar-refractivity contribution in [1.82, 2.24) is 9.88 Å². The first kappa shape index (κ1) is 17.9. The Balaban J connectivity index is 1.50. The SMILES string of the molecule is Cc1ccc(NC(=O)CC(=O)N2CCN(c3ccccn3)CC2)c(C)c1. The number of hydrogen-bond donors (Lipinski definition) is 1. The molecule has 1 fully saturated rings. The standard InChI is InChI=1S/C20H24N4O2/c1-15-6-7-17(16(2)13-15)22-19(25)14-20(26)24-11-9-23(10-12-24)18-5-3-4-8-21-18/h3-8,13H,9-12,14H2,1-2H3,(H,22,25). The molecule has 1 N–H and O–H groups in total. The number of carbonyl (C=O) groups is 2. The van der Waals surface area contributed by atoms with E-state index >= 15 is 0 Å². The number of amides is 2. The number of aromatic nitrogens is 1. The first-order valence-corrected chi connectivity index (χ1v) is 8.84. The monoisotopic (exact) mass is 352 g/mol. The lowest BCUT2D eigenvalue weighted by Crippen LogP contribution is -2.49. The molecule has 6 nitrogen and oxygen atoms in total. The van der Waals surface area contributed by atoms with Crippen LogP contribution < -0.4 is 10.2 Å². The van der Waals surface area contributed by atoms with Crippen LogP contribution in [0, 0.1) is 13.8 Å². The van der Waals surface area contributed by atoms with Crippen molar-refractivity contribution in [2.75, 3.05) is 36.4 Å². The largest absolute Gasteiger partial charge is 0.353 e. The number of pyridine rings is 1. The number of piperazine rings is 1. The molecule has 1 aliphatic heterocycles. The van der Waals surface area contributed by atoms with Gasteiger partial charge in [-0.2, -0.15) is 0 Å². The summed E-state index contributed by atoms with van der Waals surface area (Å²) in [4.78, 5) is 32.9. The molecule has 1 aliphatic rings. The highest BCUT2D eigenvalue weighted by atomic mass is 16.2. The molecule has 1 saturated heterocycles. The van der Waals surface area contributed by atoms with Gasteiger partial charge in [-0.1, -0.05) is 23.8 Å². The Morgan fingerprint density at radius 2 is 1.85 bits per heavy atom. The van der Waals surface area contributed by atoms with Gasteiger partial charge in [0.2, 0.25) is 11.8 Å². The first-order chi connectivity index (χ1) is 12.5. The summed E-state index contributed by atoms with van der Waals surface area (Å²) in [5, 5.41) is 2.84. The van der Waals surface area contributed by atoms with Crippen LogP contribution in [0.4, 0.5) is 11.5 Å². The van der Waals surface area contributed by atoms with Gasteiger partial charge in [-0.15, -0.1) is 0 Å². The first-order valence-electron chi connectivity index (χ1n) is 8.84. The van der Waals surface area contributed by atoms with Gasteiger partial charge in [0.05, 0.1) is 0 Å². The summed E-state index contributed by atoms with van der Waals surface area (Å²) in [6.07, 6.45) is 1.64. The van der Waals surface area contributed by atoms with E-state index in [2.05, 4.69) is 15.2 Å². The van der Waals surface area contributed by atoms with E-state index < -0.39 is 0 Å². The van der Waals surface area contributed by atoms with Crippen molar-refractivity contribution in [1.29, 1.82) is 0 Å². The Hall–Kier alpha value is -2.89. The zero-order valence-electron chi connectivity index (χ0n) is 15.2. The molecule has 2 amide bonds. The quantitative estimate of drug-likeness (QED) is 0.858. The van der Waals surface area contributed by atoms with Crippen molar-refractivity contribution in [2.24, 2.45) is 0 Å². The highest BCUT2D eigenvalue weighted by Gasteiger charge is 2.23. The third kappa shape index (κ3) is 4.39. The van der Waals surface area contributed by atoms with Crippen LogP contribution in [0.25, 0.3) is 0 Å². The molecule has 0 saturated carbocycles. The third-order valence-electron chi connectivity index (χ3n) is 4.57. The Morgan fingerprint density at radius 3 is 2.50 bits per heavy atom. The van der Waals surface area contributed by atoms with Crippen LogP contribution in [0.15, 0.2) is 42.6 Å². The Morgan fingerprint density at radius 1 is 1.08 bits per heavy atom. The van der Waals surface area contributed by atoms with Crippen molar-refractivity contribution in [2.45, 2.75) is 20.3 Å². The maximum absolute atomic E-state index is 12.4. The molecule has 2 heterocycles. The number of rotatable bonds is 4. The van der Waals surface area contributed by atoms with E-state index in [1.165, 1.54) is 0 Å². The van der Waals surface area contributed by atoms with E-state index in [4.69, 9.17) is 0 Å². The van der Waals surface area contributed by atoms with E-state index in [0.717, 1.165) is 35.7 Å². The normalized spacial score (nSPS) is 14.2. The second kappa shape index (κ2) is 7.99. The van der Waals surface area contributed by atoms with Crippen LogP contribution in [0.2, 0.25) is 0 Å². The van der Waals surface area contributed by atoms with Gasteiger partial charge in [-0.05, 0) is 37.6 Å². The van der Waals surface area contributed by atoms with Crippen molar-refractivity contribution in [3.8, 4) is 0 Å². The molecule has 3 rings (SSSR count). The fourth-order valence-electron chi connectivity index (χ4n) is 3.12. The van der Waals surface area contributed by atoms with Crippen LogP contribution in [0.3, 0.4) is 0 Å². The van der Waals surface area contributed by atoms with E-state index in [9.17, 15) is 9.59 Å². The molecule has 1 aromatic carbocycles. The summed E-state index contributed by atoms with van der Waals surface area (Å²) < 4.78 is 0. The number of carbonyl (C=O) groups excluding carboxylic acids is 2. The maximum atomic E-state index is 12.4. The van der Waals surface area contributed by atoms with Crippen LogP contribution >= 0.6 is 0 Å². The predicted octanol–water partition coefficient (Wildman–Crippen LogP) is 2.38. The van der Waals surface area contributed by atoms with Crippen molar-refractivity contribution >= 4 is 23.3 Å². The lowest BCUT2D eigenvalue weighted by Gasteiger charge is -2.35. The van der Waals surface area contributed by atoms with Crippen LogP contribution in [-0.4, -0.2) is 47.9 Å². The highest BCUT2D eigenvalue weighted by molar-refractivity contribution is 6.03. The number of aryl methyl sites for hydroxylation is 2. The molecule has 6 heteroatoms. The minimum atomic E-state index is -0.269. The Bertz CT molecular complexity index is 784. The van der Waals surface area contributed by atoms with Crippen molar-refractivity contribution in [3.05, 3.63) is 53.7 Å². The molecular weight excluding hydrogens is 328 g/mol. The number of nitrogens with zero attached hydrogens (tertiary/aromatic N) is 3. The van der Waals surface area contributed by atoms with Crippen molar-refractivity contribution in [3.63, 3.8) is 0 Å². The maximum Gasteiger partial charge on any atom is 0.233 e. The van der Waals surface area contributed by atoms with Crippen LogP contribution in [0.1, 0.15) is 17.5 Å². The molecule has 0 atom stereocenters. The lowest BCUT2D eigenvalue weighted by atomic mass is 10.1. The van der Waals surface area contributed by atoms with Gasteiger partial charge in [0.15, 0.2) is 0 Å². The Labute approximate surface area is 153 Å². The second-order valence-electron chi connectivity index (χ2n) is 6.60. The van der Waals surface area contributed by atoms with E-state index in [1.807, 2.05) is 50.2 Å². The highest BCUT2D eigenvalue weighted by Crippen LogP contribution is 2.17. The summed E-state index contributed by atoms with van der Waals surface area (Å²) in [5.74, 6) is 0.522. The van der Waals surface area contributed by atoms with Gasteiger partial charge >= 0.3 is 0 Å². The number of benzene rings is 1. The summed E-state index contributed by atoms with van der Waals surface area (Å²) in [6.45, 7) is 6.61. The summed E-state index contributed by atoms with van der Waals surface area (Å²) >= 11 is 0. The van der Waals surface area contributed by atoms with Gasteiger partial charge in [-0.3, -0.25) is 9.59 Å². The molecular formula is C20H24N4O2. The zero-order valence-corrected chi connectivity index (χ0v) is 15.2. The average molecular weight is 352 g/mol. The number of anilines is 2. The Kier molecular flexibility index (Phi) is 5.51. The summed E-state index contributed by atoms with van der Waals surface area (Å²) in [6, 6.07) is 11.6. The van der Waals surface area contributed by atoms with E-state index in [0.29, 0.717) is 13.1 Å². The molecule has 2 aromatic rings. The van der Waals surface area contributed by atoms with Gasteiger partial charge in [0.1, 0.15) is 12.2 Å². The lowest BCUT2D eigenvalue weighted by molar-refractivity contribution is -0.134. The zero-order chi connectivity index (χ0) is 18.5. The third-order valence-corrected chi connectivity index (χ3v) is 4.57. The summed E-state index contributed by atoms with van der Waals surface area (Å²) in [7, 11) is 0. The molecule has 26 heavy (non-hydrogen) atoms. The summed E-state index contributed by atoms with van der Waals surface area (Å²) in [5.41, 5.74) is 2.89. The van der Waals surface area contributed by atoms with Gasteiger partial charge in [0.25, 0.3) is 0 Å². The van der Waals surface area contributed by atoms with Crippen LogP contribution in [-0.2, 0) is 9.59 Å². The minimum Gasteiger partial charge on any atom is -0.353 e. The minimum absolute atomic E-state index is 0.128. The van der Waals surface area contributed by atoms with Gasteiger partial charge < -0.3 is 15.1 Å². The molecule has 136 valence electrons. The average Bonchev–Trinajstić information content (AvgIpc) is 2.65. The van der Waals surface area contributed by atoms with E-state index in [-0.39, 0.29) is 18.2 Å². The number of nitrogens with one attached hydrogen (secondary N) is 1. The second-order valence-corrected chi connectivity index (χ2v) is 6.60. The topological polar surface area (TPSA) is 65.5 Å².